The van der Waals surface area contributed by atoms with Crippen LogP contribution in [0.2, 0.25) is 0 Å². The lowest BCUT2D eigenvalue weighted by Crippen LogP contribution is -2.23. The zero-order chi connectivity index (χ0) is 13.0. The summed E-state index contributed by atoms with van der Waals surface area (Å²) in [5, 5.41) is 19.4. The van der Waals surface area contributed by atoms with Gasteiger partial charge < -0.3 is 20.7 Å². The molecule has 2 atom stereocenters. The van der Waals surface area contributed by atoms with Gasteiger partial charge in [0.15, 0.2) is 0 Å². The highest BCUT2D eigenvalue weighted by atomic mass is 16.5. The van der Waals surface area contributed by atoms with Gasteiger partial charge in [-0.1, -0.05) is 0 Å². The molecular weight excluding hydrogens is 224 g/mol. The van der Waals surface area contributed by atoms with Crippen molar-refractivity contribution >= 4 is 11.7 Å². The number of anilines is 1. The molecule has 1 rings (SSSR count). The van der Waals surface area contributed by atoms with Crippen LogP contribution in [0, 0.1) is 6.92 Å². The molecule has 4 N–H and O–H groups in total. The van der Waals surface area contributed by atoms with Crippen molar-refractivity contribution in [2.24, 2.45) is 0 Å². The minimum atomic E-state index is -1.25. The third-order valence-electron chi connectivity index (χ3n) is 2.44. The van der Waals surface area contributed by atoms with Gasteiger partial charge in [0.25, 0.3) is 0 Å². The number of ether oxygens (including phenoxy) is 1. The lowest BCUT2D eigenvalue weighted by atomic mass is 10.1. The quantitative estimate of drug-likeness (QED) is 0.636. The van der Waals surface area contributed by atoms with E-state index in [9.17, 15) is 15.0 Å². The molecule has 0 amide bonds. The standard InChI is InChI=1S/C11H16N2O4/c1-6-3-8(13-5-7(6)12)11(16)9(14)4-10(15)17-2/h3,5,9,11,14,16H,4,12H2,1-2H3. The van der Waals surface area contributed by atoms with E-state index in [0.717, 1.165) is 5.56 Å². The molecule has 1 aromatic rings. The van der Waals surface area contributed by atoms with Gasteiger partial charge >= 0.3 is 5.97 Å². The Morgan fingerprint density at radius 2 is 2.24 bits per heavy atom. The van der Waals surface area contributed by atoms with Crippen LogP contribution in [-0.4, -0.2) is 34.4 Å². The molecule has 0 spiro atoms. The summed E-state index contributed by atoms with van der Waals surface area (Å²) in [6.45, 7) is 1.76. The molecule has 0 aliphatic carbocycles. The molecule has 0 bridgehead atoms. The van der Waals surface area contributed by atoms with Gasteiger partial charge in [-0.15, -0.1) is 0 Å². The maximum absolute atomic E-state index is 10.9. The van der Waals surface area contributed by atoms with Gasteiger partial charge in [0.05, 0.1) is 37.2 Å². The SMILES string of the molecule is COC(=O)CC(O)C(O)c1cc(C)c(N)cn1. The molecule has 0 radical (unpaired) electrons. The topological polar surface area (TPSA) is 106 Å². The predicted octanol–water partition coefficient (Wildman–Crippen LogP) is -0.0704. The summed E-state index contributed by atoms with van der Waals surface area (Å²) in [4.78, 5) is 14.9. The highest BCUT2D eigenvalue weighted by molar-refractivity contribution is 5.69. The van der Waals surface area contributed by atoms with Crippen LogP contribution in [0.3, 0.4) is 0 Å². The number of aliphatic hydroxyl groups is 2. The van der Waals surface area contributed by atoms with Gasteiger partial charge in [0, 0.05) is 0 Å². The van der Waals surface area contributed by atoms with Crippen molar-refractivity contribution in [2.45, 2.75) is 25.6 Å². The lowest BCUT2D eigenvalue weighted by Gasteiger charge is -2.16. The van der Waals surface area contributed by atoms with E-state index >= 15 is 0 Å². The first-order chi connectivity index (χ1) is 7.95. The van der Waals surface area contributed by atoms with Crippen molar-refractivity contribution < 1.29 is 19.7 Å². The smallest absolute Gasteiger partial charge is 0.308 e. The fourth-order valence-corrected chi connectivity index (χ4v) is 1.31. The number of esters is 1. The maximum atomic E-state index is 10.9. The largest absolute Gasteiger partial charge is 0.469 e. The summed E-state index contributed by atoms with van der Waals surface area (Å²) in [7, 11) is 1.22. The first-order valence-electron chi connectivity index (χ1n) is 5.10. The van der Waals surface area contributed by atoms with Crippen LogP contribution in [0.1, 0.15) is 23.8 Å². The van der Waals surface area contributed by atoms with Crippen molar-refractivity contribution in [1.29, 1.82) is 0 Å². The number of methoxy groups -OCH3 is 1. The zero-order valence-corrected chi connectivity index (χ0v) is 9.75. The van der Waals surface area contributed by atoms with Gasteiger partial charge in [-0.2, -0.15) is 0 Å². The molecule has 1 heterocycles. The van der Waals surface area contributed by atoms with E-state index in [4.69, 9.17) is 5.73 Å². The summed E-state index contributed by atoms with van der Waals surface area (Å²) < 4.78 is 4.40. The van der Waals surface area contributed by atoms with Crippen LogP contribution < -0.4 is 5.73 Å². The number of nitrogen functional groups attached to an aromatic ring is 1. The number of aromatic nitrogens is 1. The second kappa shape index (κ2) is 5.60. The number of aliphatic hydroxyl groups excluding tert-OH is 2. The van der Waals surface area contributed by atoms with Crippen LogP contribution >= 0.6 is 0 Å². The van der Waals surface area contributed by atoms with E-state index in [1.165, 1.54) is 13.3 Å². The fourth-order valence-electron chi connectivity index (χ4n) is 1.31. The average molecular weight is 240 g/mol. The highest BCUT2D eigenvalue weighted by Gasteiger charge is 2.23. The molecule has 0 saturated heterocycles. The molecule has 17 heavy (non-hydrogen) atoms. The molecule has 1 aromatic heterocycles. The van der Waals surface area contributed by atoms with E-state index < -0.39 is 18.2 Å². The minimum absolute atomic E-state index is 0.271. The Kier molecular flexibility index (Phi) is 4.42. The molecule has 2 unspecified atom stereocenters. The predicted molar refractivity (Wildman–Crippen MR) is 61.0 cm³/mol. The first kappa shape index (κ1) is 13.4. The van der Waals surface area contributed by atoms with E-state index in [1.54, 1.807) is 13.0 Å². The molecule has 0 fully saturated rings. The highest BCUT2D eigenvalue weighted by Crippen LogP contribution is 2.20. The van der Waals surface area contributed by atoms with Crippen LogP contribution in [0.4, 0.5) is 5.69 Å². The second-order valence-corrected chi connectivity index (χ2v) is 3.76. The lowest BCUT2D eigenvalue weighted by molar-refractivity contribution is -0.144. The van der Waals surface area contributed by atoms with Gasteiger partial charge in [0.2, 0.25) is 0 Å². The number of pyridine rings is 1. The average Bonchev–Trinajstić information content (AvgIpc) is 2.31. The zero-order valence-electron chi connectivity index (χ0n) is 9.75. The number of hydrogen-bond acceptors (Lipinski definition) is 6. The van der Waals surface area contributed by atoms with Gasteiger partial charge in [-0.3, -0.25) is 9.78 Å². The van der Waals surface area contributed by atoms with Crippen molar-refractivity contribution in [2.75, 3.05) is 12.8 Å². The van der Waals surface area contributed by atoms with E-state index in [-0.39, 0.29) is 12.1 Å². The Morgan fingerprint density at radius 1 is 1.59 bits per heavy atom. The van der Waals surface area contributed by atoms with Crippen molar-refractivity contribution in [3.63, 3.8) is 0 Å². The normalized spacial score (nSPS) is 14.1. The van der Waals surface area contributed by atoms with Gasteiger partial charge in [-0.05, 0) is 18.6 Å². The summed E-state index contributed by atoms with van der Waals surface area (Å²) >= 11 is 0. The van der Waals surface area contributed by atoms with E-state index in [2.05, 4.69) is 9.72 Å². The number of rotatable bonds is 4. The molecule has 6 heteroatoms. The Hall–Kier alpha value is -1.66. The Bertz CT molecular complexity index is 408. The molecule has 0 aromatic carbocycles. The second-order valence-electron chi connectivity index (χ2n) is 3.76. The third kappa shape index (κ3) is 3.40. The van der Waals surface area contributed by atoms with Gasteiger partial charge in [0.1, 0.15) is 6.10 Å². The minimum Gasteiger partial charge on any atom is -0.469 e. The van der Waals surface area contributed by atoms with Crippen molar-refractivity contribution in [1.82, 2.24) is 4.98 Å². The Morgan fingerprint density at radius 3 is 2.76 bits per heavy atom. The monoisotopic (exact) mass is 240 g/mol. The summed E-state index contributed by atoms with van der Waals surface area (Å²) in [6.07, 6.45) is -1.38. The van der Waals surface area contributed by atoms with E-state index in [0.29, 0.717) is 5.69 Å². The fraction of sp³-hybridized carbons (Fsp3) is 0.455. The molecule has 0 aliphatic heterocycles. The summed E-state index contributed by atoms with van der Waals surface area (Å²) in [6, 6.07) is 1.57. The number of nitrogens with two attached hydrogens (primary N) is 1. The van der Waals surface area contributed by atoms with Crippen LogP contribution in [0.25, 0.3) is 0 Å². The number of nitrogens with zero attached hydrogens (tertiary/aromatic N) is 1. The van der Waals surface area contributed by atoms with E-state index in [1.807, 2.05) is 0 Å². The van der Waals surface area contributed by atoms with Crippen molar-refractivity contribution in [3.05, 3.63) is 23.5 Å². The number of carbonyl (C=O) groups excluding carboxylic acids is 1. The number of aryl methyl sites for hydroxylation is 1. The molecule has 6 nitrogen and oxygen atoms in total. The Labute approximate surface area is 99.0 Å². The molecule has 0 saturated carbocycles. The van der Waals surface area contributed by atoms with Crippen LogP contribution in [0.5, 0.6) is 0 Å². The van der Waals surface area contributed by atoms with Crippen molar-refractivity contribution in [3.8, 4) is 0 Å². The maximum Gasteiger partial charge on any atom is 0.308 e. The Balaban J connectivity index is 2.77. The van der Waals surface area contributed by atoms with Gasteiger partial charge in [-0.25, -0.2) is 0 Å². The van der Waals surface area contributed by atoms with Crippen LogP contribution in [0.15, 0.2) is 12.3 Å². The van der Waals surface area contributed by atoms with Crippen LogP contribution in [-0.2, 0) is 9.53 Å². The first-order valence-corrected chi connectivity index (χ1v) is 5.10. The molecular formula is C11H16N2O4. The molecule has 0 aliphatic rings. The number of carbonyl (C=O) groups is 1. The summed E-state index contributed by atoms with van der Waals surface area (Å²) in [5.41, 5.74) is 7.11. The third-order valence-corrected chi connectivity index (χ3v) is 2.44. The summed E-state index contributed by atoms with van der Waals surface area (Å²) in [5.74, 6) is -0.594. The number of hydrogen-bond donors (Lipinski definition) is 3. The molecule has 94 valence electrons.